The summed E-state index contributed by atoms with van der Waals surface area (Å²) in [4.78, 5) is 11.7. The Labute approximate surface area is 160 Å². The number of rotatable bonds is 12. The van der Waals surface area contributed by atoms with Crippen molar-refractivity contribution in [1.82, 2.24) is 0 Å². The van der Waals surface area contributed by atoms with Gasteiger partial charge in [0.25, 0.3) is 0 Å². The van der Waals surface area contributed by atoms with Gasteiger partial charge in [-0.2, -0.15) is 0 Å². The van der Waals surface area contributed by atoms with Gasteiger partial charge in [-0.1, -0.05) is 31.8 Å². The van der Waals surface area contributed by atoms with Gasteiger partial charge in [0.1, 0.15) is 0 Å². The van der Waals surface area contributed by atoms with E-state index in [2.05, 4.69) is 26.6 Å². The number of carbonyl (C=O) groups excluding carboxylic acids is 1. The van der Waals surface area contributed by atoms with Crippen LogP contribution in [-0.2, 0) is 19.0 Å². The molecule has 0 aromatic heterocycles. The van der Waals surface area contributed by atoms with Gasteiger partial charge >= 0.3 is 5.97 Å². The molecule has 0 aromatic rings. The summed E-state index contributed by atoms with van der Waals surface area (Å²) in [5.41, 5.74) is 0. The smallest absolute Gasteiger partial charge is 0.308 e. The third-order valence-electron chi connectivity index (χ3n) is 4.35. The number of hydrogen-bond acceptors (Lipinski definition) is 5. The van der Waals surface area contributed by atoms with Crippen molar-refractivity contribution in [3.05, 3.63) is 12.2 Å². The zero-order valence-corrected chi connectivity index (χ0v) is 18.0. The number of hydrogen-bond donors (Lipinski definition) is 1. The van der Waals surface area contributed by atoms with E-state index in [4.69, 9.17) is 14.2 Å². The number of carbonyl (C=O) groups is 1. The monoisotopic (exact) mass is 386 g/mol. The molecule has 5 nitrogen and oxygen atoms in total. The molecule has 1 N–H and O–H groups in total. The summed E-state index contributed by atoms with van der Waals surface area (Å²) in [7, 11) is -1.19. The van der Waals surface area contributed by atoms with E-state index in [0.29, 0.717) is 6.61 Å². The molecule has 1 saturated heterocycles. The lowest BCUT2D eigenvalue weighted by Gasteiger charge is -2.26. The molecule has 1 rings (SSSR count). The maximum atomic E-state index is 11.7. The van der Waals surface area contributed by atoms with Crippen LogP contribution in [-0.4, -0.2) is 50.9 Å². The van der Waals surface area contributed by atoms with Crippen LogP contribution in [0.3, 0.4) is 0 Å². The van der Waals surface area contributed by atoms with Crippen molar-refractivity contribution in [1.29, 1.82) is 0 Å². The van der Waals surface area contributed by atoms with Crippen LogP contribution in [0.5, 0.6) is 0 Å². The second-order valence-corrected chi connectivity index (χ2v) is 14.0. The maximum absolute atomic E-state index is 11.7. The highest BCUT2D eigenvalue weighted by Gasteiger charge is 2.17. The Morgan fingerprint density at radius 1 is 1.35 bits per heavy atom. The largest absolute Gasteiger partial charge is 0.466 e. The van der Waals surface area contributed by atoms with Crippen LogP contribution < -0.4 is 0 Å². The zero-order valence-electron chi connectivity index (χ0n) is 17.0. The van der Waals surface area contributed by atoms with Crippen molar-refractivity contribution in [3.8, 4) is 0 Å². The number of esters is 1. The van der Waals surface area contributed by atoms with Crippen molar-refractivity contribution < 1.29 is 24.1 Å². The average molecular weight is 387 g/mol. The summed E-state index contributed by atoms with van der Waals surface area (Å²) < 4.78 is 16.7. The molecular formula is C20H38O5Si. The van der Waals surface area contributed by atoms with E-state index in [0.717, 1.165) is 44.8 Å². The second kappa shape index (κ2) is 12.7. The Kier molecular flexibility index (Phi) is 11.4. The highest BCUT2D eigenvalue weighted by molar-refractivity contribution is 6.76. The summed E-state index contributed by atoms with van der Waals surface area (Å²) in [6.45, 7) is 10.1. The highest BCUT2D eigenvalue weighted by atomic mass is 28.3. The van der Waals surface area contributed by atoms with Crippen LogP contribution in [0.25, 0.3) is 0 Å². The minimum Gasteiger partial charge on any atom is -0.466 e. The minimum absolute atomic E-state index is 0.0285. The lowest BCUT2D eigenvalue weighted by molar-refractivity contribution is -0.185. The average Bonchev–Trinajstić information content (AvgIpc) is 2.54. The molecule has 0 amide bonds. The lowest BCUT2D eigenvalue weighted by atomic mass is 10.1. The van der Waals surface area contributed by atoms with Crippen molar-refractivity contribution in [2.45, 2.75) is 96.1 Å². The fraction of sp³-hybridized carbons (Fsp3) is 0.850. The molecule has 26 heavy (non-hydrogen) atoms. The predicted octanol–water partition coefficient (Wildman–Crippen LogP) is 4.28. The number of allylic oxidation sites excluding steroid dienone is 1. The first kappa shape index (κ1) is 23.3. The van der Waals surface area contributed by atoms with Crippen molar-refractivity contribution in [2.24, 2.45) is 0 Å². The third kappa shape index (κ3) is 12.6. The Morgan fingerprint density at radius 3 is 2.77 bits per heavy atom. The number of unbranched alkanes of at least 4 members (excludes halogenated alkanes) is 1. The van der Waals surface area contributed by atoms with Gasteiger partial charge in [0.15, 0.2) is 6.29 Å². The van der Waals surface area contributed by atoms with Gasteiger partial charge in [0.2, 0.25) is 0 Å². The number of aliphatic hydroxyl groups excluding tert-OH is 1. The zero-order chi connectivity index (χ0) is 19.4. The fourth-order valence-corrected chi connectivity index (χ4v) is 3.41. The van der Waals surface area contributed by atoms with Crippen LogP contribution >= 0.6 is 0 Å². The van der Waals surface area contributed by atoms with Gasteiger partial charge < -0.3 is 19.3 Å². The number of ether oxygens (including phenoxy) is 3. The van der Waals surface area contributed by atoms with E-state index >= 15 is 0 Å². The summed E-state index contributed by atoms with van der Waals surface area (Å²) in [6, 6.07) is 0.955. The van der Waals surface area contributed by atoms with Gasteiger partial charge in [-0.25, -0.2) is 0 Å². The van der Waals surface area contributed by atoms with E-state index in [1.54, 1.807) is 6.08 Å². The topological polar surface area (TPSA) is 65.0 Å². The second-order valence-electron chi connectivity index (χ2n) is 8.40. The van der Waals surface area contributed by atoms with Gasteiger partial charge in [-0.15, -0.1) is 0 Å². The van der Waals surface area contributed by atoms with Crippen LogP contribution in [0.15, 0.2) is 12.2 Å². The summed E-state index contributed by atoms with van der Waals surface area (Å²) in [5.74, 6) is -0.324. The Morgan fingerprint density at radius 2 is 2.12 bits per heavy atom. The standard InChI is InChI=1S/C20H38O5Si/c1-17(25-20-12-8-9-13-24-20)10-6-5-7-11-18(21)16-19(22)23-14-15-26(2,3)4/h7,11,17-18,20-21H,5-6,8-10,12-16H2,1-4H3/b11-7+. The normalized spacial score (nSPS) is 20.9. The Bertz CT molecular complexity index is 413. The Hall–Kier alpha value is -0.693. The predicted molar refractivity (Wildman–Crippen MR) is 107 cm³/mol. The molecule has 0 aliphatic carbocycles. The van der Waals surface area contributed by atoms with Gasteiger partial charge in [0, 0.05) is 14.7 Å². The molecule has 1 fully saturated rings. The fourth-order valence-electron chi connectivity index (χ4n) is 2.69. The first-order valence-electron chi connectivity index (χ1n) is 10.0. The molecular weight excluding hydrogens is 348 g/mol. The van der Waals surface area contributed by atoms with E-state index in [1.807, 2.05) is 6.08 Å². The summed E-state index contributed by atoms with van der Waals surface area (Å²) in [5, 5.41) is 9.88. The van der Waals surface area contributed by atoms with Crippen LogP contribution in [0.4, 0.5) is 0 Å². The van der Waals surface area contributed by atoms with Crippen LogP contribution in [0.1, 0.15) is 51.9 Å². The Balaban J connectivity index is 2.06. The minimum atomic E-state index is -1.19. The van der Waals surface area contributed by atoms with Crippen LogP contribution in [0, 0.1) is 0 Å². The molecule has 152 valence electrons. The SMILES string of the molecule is CC(CCC/C=C/C(O)CC(=O)OCC[Si](C)(C)C)OC1CCCCO1. The first-order chi connectivity index (χ1) is 12.3. The molecule has 3 atom stereocenters. The van der Waals surface area contributed by atoms with Gasteiger partial charge in [0.05, 0.1) is 25.2 Å². The molecule has 3 unspecified atom stereocenters. The first-order valence-corrected chi connectivity index (χ1v) is 13.7. The van der Waals surface area contributed by atoms with E-state index in [-0.39, 0.29) is 24.8 Å². The van der Waals surface area contributed by atoms with E-state index < -0.39 is 14.2 Å². The van der Waals surface area contributed by atoms with Crippen molar-refractivity contribution >= 4 is 14.0 Å². The molecule has 0 aromatic carbocycles. The maximum Gasteiger partial charge on any atom is 0.308 e. The van der Waals surface area contributed by atoms with E-state index in [9.17, 15) is 9.90 Å². The number of aliphatic hydroxyl groups is 1. The molecule has 1 heterocycles. The molecule has 0 saturated carbocycles. The van der Waals surface area contributed by atoms with Crippen LogP contribution in [0.2, 0.25) is 25.7 Å². The van der Waals surface area contributed by atoms with Gasteiger partial charge in [-0.3, -0.25) is 4.79 Å². The molecule has 0 radical (unpaired) electrons. The molecule has 1 aliphatic rings. The van der Waals surface area contributed by atoms with E-state index in [1.165, 1.54) is 6.42 Å². The molecule has 0 bridgehead atoms. The summed E-state index contributed by atoms with van der Waals surface area (Å²) >= 11 is 0. The van der Waals surface area contributed by atoms with Gasteiger partial charge in [-0.05, 0) is 51.5 Å². The summed E-state index contributed by atoms with van der Waals surface area (Å²) in [6.07, 6.45) is 9.13. The van der Waals surface area contributed by atoms with Crippen molar-refractivity contribution in [2.75, 3.05) is 13.2 Å². The molecule has 0 spiro atoms. The third-order valence-corrected chi connectivity index (χ3v) is 6.06. The molecule has 1 aliphatic heterocycles. The van der Waals surface area contributed by atoms with Crippen molar-refractivity contribution in [3.63, 3.8) is 0 Å². The lowest BCUT2D eigenvalue weighted by Crippen LogP contribution is -2.26. The molecule has 6 heteroatoms. The highest BCUT2D eigenvalue weighted by Crippen LogP contribution is 2.17. The quantitative estimate of drug-likeness (QED) is 0.235.